The molecule has 1 amide bonds. The predicted octanol–water partition coefficient (Wildman–Crippen LogP) is 2.95. The van der Waals surface area contributed by atoms with Crippen molar-refractivity contribution >= 4 is 22.5 Å². The molecule has 0 saturated heterocycles. The van der Waals surface area contributed by atoms with Gasteiger partial charge in [-0.1, -0.05) is 42.5 Å². The number of nitrogens with one attached hydrogen (secondary N) is 2. The minimum atomic E-state index is -0.203. The molecule has 4 rings (SSSR count). The first-order valence-corrected chi connectivity index (χ1v) is 8.84. The minimum absolute atomic E-state index is 0.182. The topological polar surface area (TPSA) is 101 Å². The van der Waals surface area contributed by atoms with Crippen LogP contribution in [0.15, 0.2) is 71.8 Å². The quantitative estimate of drug-likeness (QED) is 0.562. The number of para-hydroxylation sites is 1. The van der Waals surface area contributed by atoms with Crippen molar-refractivity contribution in [3.8, 4) is 11.4 Å². The Balaban J connectivity index is 1.39. The number of rotatable bonds is 5. The van der Waals surface area contributed by atoms with Crippen LogP contribution >= 0.6 is 0 Å². The van der Waals surface area contributed by atoms with E-state index >= 15 is 0 Å². The van der Waals surface area contributed by atoms with Crippen molar-refractivity contribution in [3.63, 3.8) is 0 Å². The number of nitrogens with zero attached hydrogens (tertiary/aromatic N) is 3. The summed E-state index contributed by atoms with van der Waals surface area (Å²) in [6, 6.07) is 16.7. The Kier molecular flexibility index (Phi) is 4.88. The second kappa shape index (κ2) is 7.79. The fraction of sp³-hybridized carbons (Fsp3) is 0.0952. The van der Waals surface area contributed by atoms with E-state index in [1.54, 1.807) is 30.6 Å². The molecule has 0 aliphatic rings. The van der Waals surface area contributed by atoms with Crippen LogP contribution < -0.4 is 10.9 Å². The number of amides is 1. The van der Waals surface area contributed by atoms with E-state index in [1.165, 1.54) is 0 Å². The maximum atomic E-state index is 12.2. The van der Waals surface area contributed by atoms with E-state index in [4.69, 9.17) is 0 Å². The first kappa shape index (κ1) is 17.5. The number of carbonyl (C=O) groups is 1. The van der Waals surface area contributed by atoms with Crippen molar-refractivity contribution < 1.29 is 4.79 Å². The van der Waals surface area contributed by atoms with Crippen LogP contribution in [0.3, 0.4) is 0 Å². The van der Waals surface area contributed by atoms with Gasteiger partial charge in [0.05, 0.1) is 29.0 Å². The van der Waals surface area contributed by atoms with Crippen LogP contribution in [0, 0.1) is 0 Å². The molecule has 0 radical (unpaired) electrons. The molecule has 0 saturated carbocycles. The summed E-state index contributed by atoms with van der Waals surface area (Å²) in [6.45, 7) is 0. The standard InChI is InChI=1S/C21H17N5O2/c27-19(11-10-18-25-17-9-5-4-8-16(17)21(28)26-18)24-15-12-22-20(23-13-15)14-6-2-1-3-7-14/h1-9,12-13H,10-11H2,(H,24,27)(H,25,26,28). The smallest absolute Gasteiger partial charge is 0.258 e. The zero-order valence-electron chi connectivity index (χ0n) is 14.9. The molecule has 138 valence electrons. The largest absolute Gasteiger partial charge is 0.323 e. The molecule has 0 aliphatic carbocycles. The Bertz CT molecular complexity index is 1170. The van der Waals surface area contributed by atoms with Gasteiger partial charge in [-0.15, -0.1) is 0 Å². The lowest BCUT2D eigenvalue weighted by atomic mass is 10.2. The van der Waals surface area contributed by atoms with E-state index in [1.807, 2.05) is 36.4 Å². The van der Waals surface area contributed by atoms with Gasteiger partial charge in [0.25, 0.3) is 5.56 Å². The SMILES string of the molecule is O=C(CCc1nc2ccccc2c(=O)[nH]1)Nc1cnc(-c2ccccc2)nc1. The number of aryl methyl sites for hydroxylation is 1. The summed E-state index contributed by atoms with van der Waals surface area (Å²) < 4.78 is 0. The Morgan fingerprint density at radius 2 is 1.68 bits per heavy atom. The van der Waals surface area contributed by atoms with Gasteiger partial charge >= 0.3 is 0 Å². The number of H-pyrrole nitrogens is 1. The van der Waals surface area contributed by atoms with Gasteiger partial charge in [0.15, 0.2) is 5.82 Å². The third-order valence-corrected chi connectivity index (χ3v) is 4.22. The number of aromatic amines is 1. The molecule has 0 aliphatic heterocycles. The van der Waals surface area contributed by atoms with Crippen LogP contribution in [-0.2, 0) is 11.2 Å². The van der Waals surface area contributed by atoms with Crippen LogP contribution in [0.5, 0.6) is 0 Å². The second-order valence-corrected chi connectivity index (χ2v) is 6.24. The molecule has 0 spiro atoms. The average Bonchev–Trinajstić information content (AvgIpc) is 2.73. The number of carbonyl (C=O) groups excluding carboxylic acids is 1. The number of hydrogen-bond donors (Lipinski definition) is 2. The highest BCUT2D eigenvalue weighted by molar-refractivity contribution is 5.90. The average molecular weight is 371 g/mol. The van der Waals surface area contributed by atoms with E-state index in [2.05, 4.69) is 25.3 Å². The van der Waals surface area contributed by atoms with Crippen molar-refractivity contribution in [2.75, 3.05) is 5.32 Å². The van der Waals surface area contributed by atoms with Crippen molar-refractivity contribution in [1.29, 1.82) is 0 Å². The molecule has 0 unspecified atom stereocenters. The van der Waals surface area contributed by atoms with Crippen LogP contribution in [0.1, 0.15) is 12.2 Å². The van der Waals surface area contributed by atoms with Gasteiger partial charge in [-0.3, -0.25) is 9.59 Å². The van der Waals surface area contributed by atoms with Gasteiger partial charge in [-0.05, 0) is 12.1 Å². The molecule has 2 heterocycles. The molecular formula is C21H17N5O2. The zero-order chi connectivity index (χ0) is 19.3. The summed E-state index contributed by atoms with van der Waals surface area (Å²) in [5.41, 5.74) is 1.84. The molecule has 7 heteroatoms. The van der Waals surface area contributed by atoms with E-state index in [9.17, 15) is 9.59 Å². The van der Waals surface area contributed by atoms with Crippen molar-refractivity contribution in [1.82, 2.24) is 19.9 Å². The lowest BCUT2D eigenvalue weighted by Gasteiger charge is -2.06. The maximum absolute atomic E-state index is 12.2. The molecule has 2 N–H and O–H groups in total. The maximum Gasteiger partial charge on any atom is 0.258 e. The lowest BCUT2D eigenvalue weighted by Crippen LogP contribution is -2.16. The molecule has 28 heavy (non-hydrogen) atoms. The van der Waals surface area contributed by atoms with E-state index in [0.717, 1.165) is 5.56 Å². The monoisotopic (exact) mass is 371 g/mol. The Morgan fingerprint density at radius 3 is 2.46 bits per heavy atom. The van der Waals surface area contributed by atoms with Crippen LogP contribution in [0.2, 0.25) is 0 Å². The highest BCUT2D eigenvalue weighted by atomic mass is 16.1. The Morgan fingerprint density at radius 1 is 0.964 bits per heavy atom. The summed E-state index contributed by atoms with van der Waals surface area (Å²) in [4.78, 5) is 40.0. The molecule has 7 nitrogen and oxygen atoms in total. The van der Waals surface area contributed by atoms with Gasteiger partial charge in [-0.25, -0.2) is 15.0 Å². The number of fused-ring (bicyclic) bond motifs is 1. The highest BCUT2D eigenvalue weighted by Gasteiger charge is 2.08. The molecular weight excluding hydrogens is 354 g/mol. The summed E-state index contributed by atoms with van der Waals surface area (Å²) in [7, 11) is 0. The van der Waals surface area contributed by atoms with Crippen molar-refractivity contribution in [2.45, 2.75) is 12.8 Å². The highest BCUT2D eigenvalue weighted by Crippen LogP contribution is 2.15. The third-order valence-electron chi connectivity index (χ3n) is 4.22. The first-order valence-electron chi connectivity index (χ1n) is 8.84. The Hall–Kier alpha value is -3.87. The molecule has 4 aromatic rings. The summed E-state index contributed by atoms with van der Waals surface area (Å²) >= 11 is 0. The number of hydrogen-bond acceptors (Lipinski definition) is 5. The van der Waals surface area contributed by atoms with Gasteiger partial charge in [0.2, 0.25) is 5.91 Å². The molecule has 2 aromatic heterocycles. The Labute approximate surface area is 160 Å². The summed E-state index contributed by atoms with van der Waals surface area (Å²) in [5, 5.41) is 3.29. The van der Waals surface area contributed by atoms with Crippen molar-refractivity contribution in [2.24, 2.45) is 0 Å². The van der Waals surface area contributed by atoms with Crippen molar-refractivity contribution in [3.05, 3.63) is 83.2 Å². The predicted molar refractivity (Wildman–Crippen MR) is 107 cm³/mol. The van der Waals surface area contributed by atoms with Crippen LogP contribution in [0.4, 0.5) is 5.69 Å². The molecule has 0 atom stereocenters. The second-order valence-electron chi connectivity index (χ2n) is 6.24. The first-order chi connectivity index (χ1) is 13.7. The minimum Gasteiger partial charge on any atom is -0.323 e. The van der Waals surface area contributed by atoms with Gasteiger partial charge in [-0.2, -0.15) is 0 Å². The summed E-state index contributed by atoms with van der Waals surface area (Å²) in [5.74, 6) is 0.873. The number of anilines is 1. The lowest BCUT2D eigenvalue weighted by molar-refractivity contribution is -0.116. The fourth-order valence-electron chi connectivity index (χ4n) is 2.84. The summed E-state index contributed by atoms with van der Waals surface area (Å²) in [6.07, 6.45) is 3.66. The molecule has 2 aromatic carbocycles. The van der Waals surface area contributed by atoms with E-state index < -0.39 is 0 Å². The molecule has 0 bridgehead atoms. The van der Waals surface area contributed by atoms with Crippen LogP contribution in [0.25, 0.3) is 22.3 Å². The third kappa shape index (κ3) is 3.93. The fourth-order valence-corrected chi connectivity index (χ4v) is 2.84. The van der Waals surface area contributed by atoms with Gasteiger partial charge < -0.3 is 10.3 Å². The van der Waals surface area contributed by atoms with Gasteiger partial charge in [0.1, 0.15) is 5.82 Å². The normalized spacial score (nSPS) is 10.7. The number of aromatic nitrogens is 4. The van der Waals surface area contributed by atoms with Crippen LogP contribution in [-0.4, -0.2) is 25.8 Å². The van der Waals surface area contributed by atoms with Gasteiger partial charge in [0, 0.05) is 18.4 Å². The zero-order valence-corrected chi connectivity index (χ0v) is 14.9. The molecule has 0 fully saturated rings. The number of benzene rings is 2. The van der Waals surface area contributed by atoms with E-state index in [-0.39, 0.29) is 17.9 Å². The van der Waals surface area contributed by atoms with E-state index in [0.29, 0.717) is 34.7 Å².